The number of hydrogen-bond acceptors (Lipinski definition) is 5. The van der Waals surface area contributed by atoms with Crippen molar-refractivity contribution in [1.29, 1.82) is 0 Å². The van der Waals surface area contributed by atoms with E-state index >= 15 is 0 Å². The summed E-state index contributed by atoms with van der Waals surface area (Å²) in [6.45, 7) is 4.52. The number of aromatic nitrogens is 2. The molecule has 8 heteroatoms. The van der Waals surface area contributed by atoms with Crippen molar-refractivity contribution in [3.05, 3.63) is 78.2 Å². The molecule has 2 fully saturated rings. The highest BCUT2D eigenvalue weighted by Crippen LogP contribution is 2.36. The molecule has 0 spiro atoms. The number of imidazole rings is 1. The lowest BCUT2D eigenvalue weighted by Crippen LogP contribution is -2.54. The molecule has 200 valence electrons. The molecule has 2 heterocycles. The summed E-state index contributed by atoms with van der Waals surface area (Å²) in [5, 5.41) is 6.20. The Labute approximate surface area is 224 Å². The van der Waals surface area contributed by atoms with Gasteiger partial charge in [-0.1, -0.05) is 67.1 Å². The van der Waals surface area contributed by atoms with Crippen LogP contribution < -0.4 is 10.6 Å². The molecule has 1 aliphatic carbocycles. The molecule has 0 radical (unpaired) electrons. The summed E-state index contributed by atoms with van der Waals surface area (Å²) >= 11 is 0. The molecule has 8 nitrogen and oxygen atoms in total. The molecule has 1 aliphatic heterocycles. The molecule has 38 heavy (non-hydrogen) atoms. The van der Waals surface area contributed by atoms with Crippen LogP contribution in [0, 0.1) is 0 Å². The van der Waals surface area contributed by atoms with E-state index in [-0.39, 0.29) is 24.1 Å². The summed E-state index contributed by atoms with van der Waals surface area (Å²) in [4.78, 5) is 33.2. The Hall–Kier alpha value is -3.65. The minimum absolute atomic E-state index is 0.0379. The summed E-state index contributed by atoms with van der Waals surface area (Å²) in [5.74, 6) is -0.0537. The topological polar surface area (TPSA) is 88.5 Å². The minimum Gasteiger partial charge on any atom is -0.444 e. The molecule has 3 aromatic rings. The molecule has 2 amide bonds. The third-order valence-corrected chi connectivity index (χ3v) is 7.57. The van der Waals surface area contributed by atoms with Crippen molar-refractivity contribution in [2.45, 2.75) is 57.2 Å². The van der Waals surface area contributed by atoms with Gasteiger partial charge in [0, 0.05) is 37.8 Å². The lowest BCUT2D eigenvalue weighted by atomic mass is 9.91. The molecular weight excluding hydrogens is 478 g/mol. The number of nitrogens with one attached hydrogen (secondary N) is 2. The quantitative estimate of drug-likeness (QED) is 0.486. The molecule has 1 aromatic heterocycles. The Kier molecular flexibility index (Phi) is 8.38. The van der Waals surface area contributed by atoms with E-state index in [0.717, 1.165) is 56.5 Å². The molecule has 1 saturated carbocycles. The van der Waals surface area contributed by atoms with Gasteiger partial charge in [-0.3, -0.25) is 4.79 Å². The average Bonchev–Trinajstić information content (AvgIpc) is 3.39. The molecule has 3 atom stereocenters. The lowest BCUT2D eigenvalue weighted by molar-refractivity contribution is 0.0422. The van der Waals surface area contributed by atoms with Crippen LogP contribution in [0.2, 0.25) is 0 Å². The van der Waals surface area contributed by atoms with Gasteiger partial charge in [-0.25, -0.2) is 9.78 Å². The maximum atomic E-state index is 14.2. The summed E-state index contributed by atoms with van der Waals surface area (Å²) in [7, 11) is 0. The monoisotopic (exact) mass is 515 g/mol. The molecule has 2 aromatic carbocycles. The zero-order chi connectivity index (χ0) is 26.3. The third-order valence-electron chi connectivity index (χ3n) is 7.57. The van der Waals surface area contributed by atoms with Gasteiger partial charge in [-0.15, -0.1) is 0 Å². The summed E-state index contributed by atoms with van der Waals surface area (Å²) < 4.78 is 7.94. The van der Waals surface area contributed by atoms with E-state index < -0.39 is 6.09 Å². The number of rotatable bonds is 7. The number of carbonyl (C=O) groups excluding carboxylic acids is 2. The largest absolute Gasteiger partial charge is 0.444 e. The fourth-order valence-electron chi connectivity index (χ4n) is 5.74. The maximum Gasteiger partial charge on any atom is 0.407 e. The Morgan fingerprint density at radius 3 is 2.55 bits per heavy atom. The van der Waals surface area contributed by atoms with Crippen LogP contribution in [0.25, 0.3) is 11.3 Å². The van der Waals surface area contributed by atoms with Gasteiger partial charge in [-0.2, -0.15) is 0 Å². The predicted molar refractivity (Wildman–Crippen MR) is 147 cm³/mol. The van der Waals surface area contributed by atoms with Crippen LogP contribution in [0.1, 0.15) is 54.7 Å². The number of ether oxygens (including phenoxy) is 1. The van der Waals surface area contributed by atoms with Crippen molar-refractivity contribution in [2.75, 3.05) is 26.2 Å². The van der Waals surface area contributed by atoms with Gasteiger partial charge >= 0.3 is 6.09 Å². The molecule has 2 N–H and O–H groups in total. The summed E-state index contributed by atoms with van der Waals surface area (Å²) in [6.07, 6.45) is 5.56. The SMILES string of the molecule is CCNC(=O)O[C@H]1CCCC[C@@H]1n1cnc(C(=O)N2CCNC[C@H]2Cc2ccccc2)c1-c1ccccc1. The van der Waals surface area contributed by atoms with Crippen molar-refractivity contribution in [2.24, 2.45) is 0 Å². The van der Waals surface area contributed by atoms with Crippen LogP contribution in [-0.2, 0) is 11.2 Å². The van der Waals surface area contributed by atoms with Crippen molar-refractivity contribution >= 4 is 12.0 Å². The van der Waals surface area contributed by atoms with Crippen molar-refractivity contribution in [3.8, 4) is 11.3 Å². The Balaban J connectivity index is 1.49. The summed E-state index contributed by atoms with van der Waals surface area (Å²) in [5.41, 5.74) is 3.40. The Morgan fingerprint density at radius 1 is 1.05 bits per heavy atom. The first-order chi connectivity index (χ1) is 18.7. The Morgan fingerprint density at radius 2 is 1.79 bits per heavy atom. The van der Waals surface area contributed by atoms with Gasteiger partial charge < -0.3 is 24.8 Å². The fraction of sp³-hybridized carbons (Fsp3) is 0.433. The first-order valence-corrected chi connectivity index (χ1v) is 13.8. The number of piperazine rings is 1. The van der Waals surface area contributed by atoms with Gasteiger partial charge in [0.05, 0.1) is 18.1 Å². The molecule has 2 aliphatic rings. The van der Waals surface area contributed by atoms with Gasteiger partial charge in [0.15, 0.2) is 5.69 Å². The van der Waals surface area contributed by atoms with Gasteiger partial charge in [0.1, 0.15) is 6.10 Å². The highest BCUT2D eigenvalue weighted by molar-refractivity contribution is 5.98. The highest BCUT2D eigenvalue weighted by atomic mass is 16.6. The van der Waals surface area contributed by atoms with E-state index in [1.165, 1.54) is 5.56 Å². The van der Waals surface area contributed by atoms with E-state index in [2.05, 4.69) is 27.3 Å². The second-order valence-electron chi connectivity index (χ2n) is 10.1. The van der Waals surface area contributed by atoms with Crippen LogP contribution in [0.5, 0.6) is 0 Å². The smallest absolute Gasteiger partial charge is 0.407 e. The molecule has 5 rings (SSSR count). The molecule has 0 unspecified atom stereocenters. The third kappa shape index (κ3) is 5.75. The lowest BCUT2D eigenvalue weighted by Gasteiger charge is -2.36. The van der Waals surface area contributed by atoms with Crippen LogP contribution in [0.4, 0.5) is 4.79 Å². The van der Waals surface area contributed by atoms with Crippen LogP contribution in [-0.4, -0.2) is 64.8 Å². The number of amides is 2. The van der Waals surface area contributed by atoms with Crippen LogP contribution >= 0.6 is 0 Å². The number of nitrogens with zero attached hydrogens (tertiary/aromatic N) is 3. The zero-order valence-electron chi connectivity index (χ0n) is 22.0. The number of alkyl carbamates (subject to hydrolysis) is 1. The first-order valence-electron chi connectivity index (χ1n) is 13.8. The van der Waals surface area contributed by atoms with E-state index in [1.807, 2.05) is 60.4 Å². The molecule has 0 bridgehead atoms. The number of carbonyl (C=O) groups is 2. The van der Waals surface area contributed by atoms with Gasteiger partial charge in [0.25, 0.3) is 5.91 Å². The van der Waals surface area contributed by atoms with Crippen molar-refractivity contribution < 1.29 is 14.3 Å². The van der Waals surface area contributed by atoms with Crippen LogP contribution in [0.15, 0.2) is 67.0 Å². The van der Waals surface area contributed by atoms with Gasteiger partial charge in [0.2, 0.25) is 0 Å². The second-order valence-corrected chi connectivity index (χ2v) is 10.1. The van der Waals surface area contributed by atoms with Gasteiger partial charge in [-0.05, 0) is 38.2 Å². The summed E-state index contributed by atoms with van der Waals surface area (Å²) in [6, 6.07) is 20.2. The van der Waals surface area contributed by atoms with E-state index in [4.69, 9.17) is 9.72 Å². The number of benzene rings is 2. The van der Waals surface area contributed by atoms with Crippen molar-refractivity contribution in [3.63, 3.8) is 0 Å². The predicted octanol–water partition coefficient (Wildman–Crippen LogP) is 4.44. The van der Waals surface area contributed by atoms with Crippen molar-refractivity contribution in [1.82, 2.24) is 25.1 Å². The second kappa shape index (κ2) is 12.3. The van der Waals surface area contributed by atoms with E-state index in [0.29, 0.717) is 18.8 Å². The maximum absolute atomic E-state index is 14.2. The average molecular weight is 516 g/mol. The standard InChI is InChI=1S/C30H37N5O3/c1-2-32-30(37)38-26-16-10-9-15-25(26)35-21-33-27(28(35)23-13-7-4-8-14-23)29(36)34-18-17-31-20-24(34)19-22-11-5-3-6-12-22/h3-8,11-14,21,24-26,31H,2,9-10,15-20H2,1H3,(H,32,37)/t24-,25+,26+/m1/s1. The van der Waals surface area contributed by atoms with Crippen LogP contribution in [0.3, 0.4) is 0 Å². The minimum atomic E-state index is -0.397. The number of hydrogen-bond donors (Lipinski definition) is 2. The first kappa shape index (κ1) is 26.0. The van der Waals surface area contributed by atoms with E-state index in [1.54, 1.807) is 6.33 Å². The molecular formula is C30H37N5O3. The zero-order valence-corrected chi connectivity index (χ0v) is 22.0. The molecule has 1 saturated heterocycles. The fourth-order valence-corrected chi connectivity index (χ4v) is 5.74. The van der Waals surface area contributed by atoms with E-state index in [9.17, 15) is 9.59 Å². The highest BCUT2D eigenvalue weighted by Gasteiger charge is 2.35. The normalized spacial score (nSPS) is 21.6. The Bertz CT molecular complexity index is 1210.